The van der Waals surface area contributed by atoms with Crippen molar-refractivity contribution >= 4 is 83.3 Å². The molecule has 0 aliphatic rings. The first-order chi connectivity index (χ1) is 30.3. The molecule has 2 atom stereocenters. The van der Waals surface area contributed by atoms with Gasteiger partial charge in [-0.15, -0.1) is 0 Å². The summed E-state index contributed by atoms with van der Waals surface area (Å²) in [4.78, 5) is 37.9. The number of amides is 3. The Kier molecular flexibility index (Phi) is 16.2. The Hall–Kier alpha value is -6.39. The van der Waals surface area contributed by atoms with E-state index < -0.39 is 42.0 Å². The van der Waals surface area contributed by atoms with Crippen LogP contribution in [-0.4, -0.2) is 61.8 Å². The molecule has 6 aromatic carbocycles. The number of sulfone groups is 2. The van der Waals surface area contributed by atoms with Gasteiger partial charge in [0.05, 0.1) is 47.8 Å². The van der Waals surface area contributed by atoms with Gasteiger partial charge in [-0.25, -0.2) is 16.8 Å². The average molecular weight is 946 g/mol. The number of aromatic hydroxyl groups is 2. The Morgan fingerprint density at radius 2 is 1.06 bits per heavy atom. The topological polar surface area (TPSA) is 208 Å². The van der Waals surface area contributed by atoms with Crippen molar-refractivity contribution in [3.63, 3.8) is 0 Å². The van der Waals surface area contributed by atoms with Crippen molar-refractivity contribution in [3.05, 3.63) is 166 Å². The highest BCUT2D eigenvalue weighted by Gasteiger charge is 2.34. The van der Waals surface area contributed by atoms with Crippen LogP contribution in [0.2, 0.25) is 10.0 Å². The van der Waals surface area contributed by atoms with E-state index in [4.69, 9.17) is 23.2 Å². The maximum atomic E-state index is 13.2. The third-order valence-corrected chi connectivity index (χ3v) is 15.0. The van der Waals surface area contributed by atoms with E-state index >= 15 is 0 Å². The fraction of sp³-hybridized carbons (Fsp3) is 0.170. The van der Waals surface area contributed by atoms with Gasteiger partial charge in [0.1, 0.15) is 16.7 Å². The van der Waals surface area contributed by atoms with Crippen molar-refractivity contribution in [1.29, 1.82) is 0 Å². The number of anilines is 4. The number of carbonyl (C=O) groups is 3. The van der Waals surface area contributed by atoms with Gasteiger partial charge in [-0.3, -0.25) is 14.4 Å². The number of phenols is 2. The van der Waals surface area contributed by atoms with Gasteiger partial charge >= 0.3 is 0 Å². The van der Waals surface area contributed by atoms with E-state index in [2.05, 4.69) is 21.3 Å². The predicted molar refractivity (Wildman–Crippen MR) is 252 cm³/mol. The smallest absolute Gasteiger partial charge is 0.255 e. The molecule has 64 heavy (non-hydrogen) atoms. The second-order valence-corrected chi connectivity index (χ2v) is 19.9. The number of halogens is 2. The number of phenolic OH excluding ortho intramolecular Hbond substituents is 2. The van der Waals surface area contributed by atoms with Gasteiger partial charge in [0.15, 0.2) is 19.7 Å². The Morgan fingerprint density at radius 3 is 1.55 bits per heavy atom. The minimum absolute atomic E-state index is 0.0216. The Morgan fingerprint density at radius 1 is 0.594 bits per heavy atom. The molecule has 2 unspecified atom stereocenters. The first kappa shape index (κ1) is 48.6. The second-order valence-electron chi connectivity index (χ2n) is 14.6. The minimum Gasteiger partial charge on any atom is -0.506 e. The van der Waals surface area contributed by atoms with Gasteiger partial charge < -0.3 is 31.5 Å². The predicted octanol–water partition coefficient (Wildman–Crippen LogP) is 9.68. The SMILES string of the molecule is CC(CNc1cc(O)c(NC(=O)c2ccccc2)cc1Cl)S(=O)(=O)c1ccccc1.CCC(C(=O)Nc1cc(O)c(NC(=O)c2ccccc2)cc1Cl)S(=O)(=O)c1ccc(C)cc1C. The van der Waals surface area contributed by atoms with E-state index in [-0.39, 0.29) is 67.3 Å². The zero-order valence-corrected chi connectivity index (χ0v) is 38.2. The van der Waals surface area contributed by atoms with E-state index in [1.165, 1.54) is 24.3 Å². The monoisotopic (exact) mass is 944 g/mol. The van der Waals surface area contributed by atoms with Crippen LogP contribution in [0.1, 0.15) is 52.1 Å². The molecule has 0 bridgehead atoms. The molecule has 13 nitrogen and oxygen atoms in total. The van der Waals surface area contributed by atoms with E-state index in [1.807, 2.05) is 6.92 Å². The van der Waals surface area contributed by atoms with Crippen LogP contribution in [0.25, 0.3) is 0 Å². The van der Waals surface area contributed by atoms with Gasteiger partial charge in [-0.1, -0.05) is 102 Å². The van der Waals surface area contributed by atoms with Gasteiger partial charge in [-0.2, -0.15) is 0 Å². The first-order valence-corrected chi connectivity index (χ1v) is 23.6. The molecular formula is C47H46Cl2N4O9S2. The standard InChI is InChI=1S/C25H25ClN2O5S.C22H21ClN2O4S/c1-4-22(34(32,33)23-11-10-15(2)12-16(23)3)25(31)27-19-14-21(29)20(13-18(19)26)28-24(30)17-8-6-5-7-9-17;1-15(30(28,29)17-10-6-3-7-11-17)14-24-19-13-21(26)20(12-18(19)23)25-22(27)16-8-4-2-5-9-16/h5-14,22,29H,4H2,1-3H3,(H,27,31)(H,28,30);2-13,15,24,26H,14H2,1H3,(H,25,27). The zero-order valence-electron chi connectivity index (χ0n) is 35.1. The number of rotatable bonds is 14. The van der Waals surface area contributed by atoms with Gasteiger partial charge in [0, 0.05) is 29.8 Å². The molecular weight excluding hydrogens is 900 g/mol. The third-order valence-electron chi connectivity index (χ3n) is 9.85. The lowest BCUT2D eigenvalue weighted by Crippen LogP contribution is -2.35. The highest BCUT2D eigenvalue weighted by Crippen LogP contribution is 2.36. The van der Waals surface area contributed by atoms with Crippen molar-refractivity contribution in [2.75, 3.05) is 27.8 Å². The lowest BCUT2D eigenvalue weighted by Gasteiger charge is -2.18. The number of aryl methyl sites for hydroxylation is 2. The van der Waals surface area contributed by atoms with Gasteiger partial charge in [-0.05, 0) is 87.4 Å². The third kappa shape index (κ3) is 12.0. The molecule has 3 amide bonds. The van der Waals surface area contributed by atoms with Gasteiger partial charge in [0.25, 0.3) is 11.8 Å². The van der Waals surface area contributed by atoms with Crippen LogP contribution in [0.3, 0.4) is 0 Å². The number of carbonyl (C=O) groups excluding carboxylic acids is 3. The summed E-state index contributed by atoms with van der Waals surface area (Å²) in [6, 6.07) is 35.3. The summed E-state index contributed by atoms with van der Waals surface area (Å²) in [5.41, 5.74) is 2.89. The molecule has 0 heterocycles. The van der Waals surface area contributed by atoms with E-state index in [9.17, 15) is 41.4 Å². The summed E-state index contributed by atoms with van der Waals surface area (Å²) in [7, 11) is -7.48. The fourth-order valence-electron chi connectivity index (χ4n) is 6.36. The van der Waals surface area contributed by atoms with Crippen LogP contribution in [-0.2, 0) is 24.5 Å². The largest absolute Gasteiger partial charge is 0.506 e. The molecule has 0 aliphatic heterocycles. The molecule has 17 heteroatoms. The lowest BCUT2D eigenvalue weighted by atomic mass is 10.2. The van der Waals surface area contributed by atoms with Crippen LogP contribution >= 0.6 is 23.2 Å². The summed E-state index contributed by atoms with van der Waals surface area (Å²) < 4.78 is 51.7. The molecule has 0 saturated carbocycles. The van der Waals surface area contributed by atoms with E-state index in [1.54, 1.807) is 124 Å². The molecule has 6 aromatic rings. The summed E-state index contributed by atoms with van der Waals surface area (Å²) >= 11 is 12.5. The van der Waals surface area contributed by atoms with Crippen molar-refractivity contribution in [2.24, 2.45) is 0 Å². The van der Waals surface area contributed by atoms with Crippen molar-refractivity contribution in [3.8, 4) is 11.5 Å². The molecule has 0 radical (unpaired) electrons. The molecule has 0 aliphatic carbocycles. The van der Waals surface area contributed by atoms with E-state index in [0.29, 0.717) is 22.4 Å². The maximum Gasteiger partial charge on any atom is 0.255 e. The summed E-state index contributed by atoms with van der Waals surface area (Å²) in [6.45, 7) is 6.83. The molecule has 0 fully saturated rings. The summed E-state index contributed by atoms with van der Waals surface area (Å²) in [5, 5.41) is 29.5. The van der Waals surface area contributed by atoms with Crippen LogP contribution in [0.15, 0.2) is 143 Å². The summed E-state index contributed by atoms with van der Waals surface area (Å²) in [5.74, 6) is -2.14. The highest BCUT2D eigenvalue weighted by atomic mass is 35.5. The van der Waals surface area contributed by atoms with Gasteiger partial charge in [0.2, 0.25) is 5.91 Å². The molecule has 0 spiro atoms. The summed E-state index contributed by atoms with van der Waals surface area (Å²) in [6.07, 6.45) is 0.0380. The number of benzene rings is 6. The number of nitrogens with one attached hydrogen (secondary N) is 4. The quantitative estimate of drug-likeness (QED) is 0.0570. The maximum absolute atomic E-state index is 13.2. The Balaban J connectivity index is 0.000000243. The lowest BCUT2D eigenvalue weighted by molar-refractivity contribution is -0.115. The van der Waals surface area contributed by atoms with Crippen molar-refractivity contribution in [2.45, 2.75) is 54.4 Å². The minimum atomic E-state index is -3.97. The van der Waals surface area contributed by atoms with Crippen LogP contribution < -0.4 is 21.3 Å². The van der Waals surface area contributed by atoms with Crippen molar-refractivity contribution in [1.82, 2.24) is 0 Å². The Labute approximate surface area is 382 Å². The Bertz CT molecular complexity index is 2870. The molecule has 6 rings (SSSR count). The highest BCUT2D eigenvalue weighted by molar-refractivity contribution is 7.93. The zero-order chi connectivity index (χ0) is 46.8. The average Bonchev–Trinajstić information content (AvgIpc) is 3.27. The second kappa shape index (κ2) is 21.3. The normalized spacial score (nSPS) is 12.2. The van der Waals surface area contributed by atoms with Crippen LogP contribution in [0, 0.1) is 13.8 Å². The van der Waals surface area contributed by atoms with Crippen LogP contribution in [0.4, 0.5) is 22.7 Å². The number of hydrogen-bond donors (Lipinski definition) is 6. The van der Waals surface area contributed by atoms with Crippen molar-refractivity contribution < 1.29 is 41.4 Å². The molecule has 334 valence electrons. The van der Waals surface area contributed by atoms with E-state index in [0.717, 1.165) is 11.6 Å². The number of hydrogen-bond acceptors (Lipinski definition) is 10. The molecule has 0 saturated heterocycles. The van der Waals surface area contributed by atoms with Crippen LogP contribution in [0.5, 0.6) is 11.5 Å². The fourth-order valence-corrected chi connectivity index (χ4v) is 9.96. The molecule has 0 aromatic heterocycles. The molecule has 6 N–H and O–H groups in total. The first-order valence-electron chi connectivity index (χ1n) is 19.8.